The molecule has 27 heavy (non-hydrogen) atoms. The van der Waals surface area contributed by atoms with E-state index in [9.17, 15) is 32.3 Å². The SMILES string of the molecule is CC=CCC1(C(C)=O)C(=O)NC(=O)N(c2cccc(OC(F)(F)F)c2)C1=O. The Kier molecular flexibility index (Phi) is 5.38. The molecule has 1 aromatic rings. The number of imide groups is 2. The first kappa shape index (κ1) is 20.1. The summed E-state index contributed by atoms with van der Waals surface area (Å²) in [5.41, 5.74) is -2.47. The molecule has 1 aliphatic heterocycles. The Labute approximate surface area is 151 Å². The van der Waals surface area contributed by atoms with Crippen molar-refractivity contribution in [3.63, 3.8) is 0 Å². The van der Waals surface area contributed by atoms with Gasteiger partial charge < -0.3 is 4.74 Å². The third-order valence-corrected chi connectivity index (χ3v) is 3.95. The van der Waals surface area contributed by atoms with Gasteiger partial charge in [-0.2, -0.15) is 0 Å². The summed E-state index contributed by atoms with van der Waals surface area (Å²) in [5.74, 6) is -3.70. The van der Waals surface area contributed by atoms with Crippen LogP contribution in [0.1, 0.15) is 20.3 Å². The zero-order valence-corrected chi connectivity index (χ0v) is 14.3. The van der Waals surface area contributed by atoms with Gasteiger partial charge in [0.25, 0.3) is 11.8 Å². The lowest BCUT2D eigenvalue weighted by Gasteiger charge is -2.37. The van der Waals surface area contributed by atoms with Crippen molar-refractivity contribution in [1.29, 1.82) is 0 Å². The summed E-state index contributed by atoms with van der Waals surface area (Å²) < 4.78 is 41.0. The molecule has 1 aromatic carbocycles. The topological polar surface area (TPSA) is 92.8 Å². The summed E-state index contributed by atoms with van der Waals surface area (Å²) in [6.07, 6.45) is -2.34. The predicted molar refractivity (Wildman–Crippen MR) is 86.7 cm³/mol. The van der Waals surface area contributed by atoms with E-state index in [-0.39, 0.29) is 12.1 Å². The van der Waals surface area contributed by atoms with E-state index in [1.54, 1.807) is 6.92 Å². The normalized spacial score (nSPS) is 20.8. The van der Waals surface area contributed by atoms with Gasteiger partial charge in [-0.05, 0) is 32.4 Å². The number of alkyl halides is 3. The minimum atomic E-state index is -4.97. The van der Waals surface area contributed by atoms with Crippen LogP contribution in [0.5, 0.6) is 5.75 Å². The van der Waals surface area contributed by atoms with Crippen LogP contribution >= 0.6 is 0 Å². The van der Waals surface area contributed by atoms with Crippen molar-refractivity contribution in [1.82, 2.24) is 5.32 Å². The number of nitrogens with zero attached hydrogens (tertiary/aromatic N) is 1. The van der Waals surface area contributed by atoms with Gasteiger partial charge >= 0.3 is 12.4 Å². The molecule has 2 rings (SSSR count). The van der Waals surface area contributed by atoms with Gasteiger partial charge in [0.1, 0.15) is 5.75 Å². The molecule has 0 radical (unpaired) electrons. The number of carbonyl (C=O) groups is 4. The maximum absolute atomic E-state index is 12.9. The minimum absolute atomic E-state index is 0.280. The fourth-order valence-corrected chi connectivity index (χ4v) is 2.62. The summed E-state index contributed by atoms with van der Waals surface area (Å²) in [6.45, 7) is 2.64. The highest BCUT2D eigenvalue weighted by atomic mass is 19.4. The largest absolute Gasteiger partial charge is 0.573 e. The molecular formula is C17H15F3N2O5. The fraction of sp³-hybridized carbons (Fsp3) is 0.294. The molecule has 1 unspecified atom stereocenters. The Morgan fingerprint density at radius 2 is 1.96 bits per heavy atom. The van der Waals surface area contributed by atoms with Crippen LogP contribution in [0.2, 0.25) is 0 Å². The number of halogens is 3. The number of Topliss-reactive ketones (excluding diaryl/α,β-unsaturated/α-hetero) is 1. The van der Waals surface area contributed by atoms with Crippen molar-refractivity contribution in [3.8, 4) is 5.75 Å². The number of benzene rings is 1. The van der Waals surface area contributed by atoms with Gasteiger partial charge in [0.15, 0.2) is 11.2 Å². The zero-order valence-electron chi connectivity index (χ0n) is 14.3. The monoisotopic (exact) mass is 384 g/mol. The number of amides is 4. The van der Waals surface area contributed by atoms with Crippen molar-refractivity contribution in [3.05, 3.63) is 36.4 Å². The van der Waals surface area contributed by atoms with Crippen LogP contribution in [-0.4, -0.2) is 30.0 Å². The first-order valence-electron chi connectivity index (χ1n) is 7.71. The van der Waals surface area contributed by atoms with E-state index in [2.05, 4.69) is 4.74 Å². The van der Waals surface area contributed by atoms with Crippen molar-refractivity contribution >= 4 is 29.3 Å². The average molecular weight is 384 g/mol. The van der Waals surface area contributed by atoms with Crippen LogP contribution in [0.15, 0.2) is 36.4 Å². The Hall–Kier alpha value is -3.17. The third-order valence-electron chi connectivity index (χ3n) is 3.95. The maximum Gasteiger partial charge on any atom is 0.573 e. The predicted octanol–water partition coefficient (Wildman–Crippen LogP) is 2.71. The number of hydrogen-bond acceptors (Lipinski definition) is 5. The van der Waals surface area contributed by atoms with Crippen LogP contribution < -0.4 is 15.0 Å². The smallest absolute Gasteiger partial charge is 0.406 e. The van der Waals surface area contributed by atoms with Crippen LogP contribution in [0.3, 0.4) is 0 Å². The van der Waals surface area contributed by atoms with Gasteiger partial charge in [0, 0.05) is 6.07 Å². The number of rotatable bonds is 5. The Morgan fingerprint density at radius 3 is 2.52 bits per heavy atom. The van der Waals surface area contributed by atoms with Crippen LogP contribution in [-0.2, 0) is 14.4 Å². The first-order valence-corrected chi connectivity index (χ1v) is 7.71. The molecule has 1 aliphatic rings. The van der Waals surface area contributed by atoms with E-state index < -0.39 is 41.2 Å². The van der Waals surface area contributed by atoms with Gasteiger partial charge in [-0.3, -0.25) is 19.7 Å². The minimum Gasteiger partial charge on any atom is -0.406 e. The molecule has 4 amide bonds. The standard InChI is InChI=1S/C17H15F3N2O5/c1-3-4-8-16(10(2)23)13(24)21-15(26)22(14(16)25)11-6-5-7-12(9-11)27-17(18,19)20/h3-7,9H,8H2,1-2H3,(H,21,24,26). The van der Waals surface area contributed by atoms with E-state index in [0.29, 0.717) is 4.90 Å². The van der Waals surface area contributed by atoms with E-state index in [4.69, 9.17) is 0 Å². The Balaban J connectivity index is 2.52. The second kappa shape index (κ2) is 7.22. The molecule has 1 saturated heterocycles. The zero-order chi connectivity index (χ0) is 20.4. The molecule has 1 heterocycles. The molecule has 144 valence electrons. The average Bonchev–Trinajstić information content (AvgIpc) is 2.53. The lowest BCUT2D eigenvalue weighted by molar-refractivity contribution is -0.274. The molecule has 1 fully saturated rings. The number of barbiturate groups is 1. The molecular weight excluding hydrogens is 369 g/mol. The number of urea groups is 1. The summed E-state index contributed by atoms with van der Waals surface area (Å²) >= 11 is 0. The number of anilines is 1. The number of ketones is 1. The van der Waals surface area contributed by atoms with Crippen LogP contribution in [0.4, 0.5) is 23.7 Å². The van der Waals surface area contributed by atoms with Crippen molar-refractivity contribution in [2.24, 2.45) is 5.41 Å². The number of nitrogens with one attached hydrogen (secondary N) is 1. The van der Waals surface area contributed by atoms with E-state index in [1.165, 1.54) is 18.2 Å². The van der Waals surface area contributed by atoms with Gasteiger partial charge in [-0.1, -0.05) is 18.2 Å². The quantitative estimate of drug-likeness (QED) is 0.622. The van der Waals surface area contributed by atoms with Crippen molar-refractivity contribution in [2.45, 2.75) is 26.6 Å². The molecule has 0 aromatic heterocycles. The fourth-order valence-electron chi connectivity index (χ4n) is 2.62. The van der Waals surface area contributed by atoms with E-state index >= 15 is 0 Å². The number of allylic oxidation sites excluding steroid dienone is 2. The maximum atomic E-state index is 12.9. The highest BCUT2D eigenvalue weighted by Crippen LogP contribution is 2.35. The Morgan fingerprint density at radius 1 is 1.30 bits per heavy atom. The first-order chi connectivity index (χ1) is 12.5. The van der Waals surface area contributed by atoms with E-state index in [1.807, 2.05) is 5.32 Å². The van der Waals surface area contributed by atoms with Gasteiger partial charge in [-0.15, -0.1) is 13.2 Å². The van der Waals surface area contributed by atoms with Crippen LogP contribution in [0.25, 0.3) is 0 Å². The second-order valence-corrected chi connectivity index (χ2v) is 5.68. The summed E-state index contributed by atoms with van der Waals surface area (Å²) in [5, 5.41) is 1.92. The lowest BCUT2D eigenvalue weighted by atomic mass is 9.76. The lowest BCUT2D eigenvalue weighted by Crippen LogP contribution is -2.66. The van der Waals surface area contributed by atoms with Crippen molar-refractivity contribution in [2.75, 3.05) is 4.90 Å². The number of ether oxygens (including phenoxy) is 1. The summed E-state index contributed by atoms with van der Waals surface area (Å²) in [4.78, 5) is 50.0. The molecule has 0 spiro atoms. The highest BCUT2D eigenvalue weighted by Gasteiger charge is 2.57. The molecule has 1 N–H and O–H groups in total. The second-order valence-electron chi connectivity index (χ2n) is 5.68. The Bertz CT molecular complexity index is 834. The van der Waals surface area contributed by atoms with Gasteiger partial charge in [0.05, 0.1) is 5.69 Å². The molecule has 0 saturated carbocycles. The molecule has 1 atom stereocenters. The summed E-state index contributed by atoms with van der Waals surface area (Å²) in [6, 6.07) is 2.92. The highest BCUT2D eigenvalue weighted by molar-refractivity contribution is 6.37. The molecule has 0 aliphatic carbocycles. The molecule has 7 nitrogen and oxygen atoms in total. The number of carbonyl (C=O) groups excluding carboxylic acids is 4. The molecule has 10 heteroatoms. The summed E-state index contributed by atoms with van der Waals surface area (Å²) in [7, 11) is 0. The van der Waals surface area contributed by atoms with E-state index in [0.717, 1.165) is 25.1 Å². The van der Waals surface area contributed by atoms with Gasteiger partial charge in [0.2, 0.25) is 0 Å². The van der Waals surface area contributed by atoms with Gasteiger partial charge in [-0.25, -0.2) is 9.69 Å². The van der Waals surface area contributed by atoms with Crippen molar-refractivity contribution < 1.29 is 37.1 Å². The molecule has 0 bridgehead atoms. The number of hydrogen-bond donors (Lipinski definition) is 1. The van der Waals surface area contributed by atoms with Crippen LogP contribution in [0, 0.1) is 5.41 Å². The third kappa shape index (κ3) is 3.83.